The first-order chi connectivity index (χ1) is 11.4. The van der Waals surface area contributed by atoms with Crippen molar-refractivity contribution in [1.82, 2.24) is 4.31 Å². The van der Waals surface area contributed by atoms with Gasteiger partial charge in [-0.05, 0) is 42.4 Å². The number of ether oxygens (including phenoxy) is 1. The number of methoxy groups -OCH3 is 1. The van der Waals surface area contributed by atoms with Crippen molar-refractivity contribution in [2.45, 2.75) is 31.1 Å². The minimum Gasteiger partial charge on any atom is -0.465 e. The third-order valence-corrected chi connectivity index (χ3v) is 6.99. The molecule has 2 aliphatic rings. The van der Waals surface area contributed by atoms with E-state index in [0.717, 1.165) is 19.3 Å². The Labute approximate surface area is 143 Å². The van der Waals surface area contributed by atoms with Gasteiger partial charge in [-0.25, -0.2) is 17.5 Å². The Kier molecular flexibility index (Phi) is 4.94. The fourth-order valence-electron chi connectivity index (χ4n) is 3.91. The summed E-state index contributed by atoms with van der Waals surface area (Å²) in [5.41, 5.74) is 7.13. The number of benzene rings is 1. The molecule has 1 aromatic rings. The highest BCUT2D eigenvalue weighted by molar-refractivity contribution is 7.88. The molecule has 0 aromatic heterocycles. The van der Waals surface area contributed by atoms with E-state index in [2.05, 4.69) is 4.74 Å². The van der Waals surface area contributed by atoms with E-state index in [1.165, 1.54) is 7.11 Å². The van der Waals surface area contributed by atoms with Gasteiger partial charge in [0.05, 0.1) is 18.4 Å². The first-order valence-electron chi connectivity index (χ1n) is 8.31. The third-order valence-electron chi connectivity index (χ3n) is 5.21. The number of nitrogens with two attached hydrogens (primary N) is 1. The predicted octanol–water partition coefficient (Wildman–Crippen LogP) is 1.36. The van der Waals surface area contributed by atoms with Gasteiger partial charge in [-0.2, -0.15) is 0 Å². The number of rotatable bonds is 4. The quantitative estimate of drug-likeness (QED) is 0.827. The summed E-state index contributed by atoms with van der Waals surface area (Å²) < 4.78 is 31.8. The molecular formula is C17H24N2O4S. The maximum atomic E-state index is 12.8. The van der Waals surface area contributed by atoms with E-state index < -0.39 is 16.0 Å². The minimum atomic E-state index is -3.42. The third kappa shape index (κ3) is 3.48. The highest BCUT2D eigenvalue weighted by Crippen LogP contribution is 2.37. The van der Waals surface area contributed by atoms with Crippen molar-refractivity contribution in [3.63, 3.8) is 0 Å². The van der Waals surface area contributed by atoms with Crippen LogP contribution in [0.25, 0.3) is 0 Å². The van der Waals surface area contributed by atoms with Crippen LogP contribution in [0.15, 0.2) is 24.3 Å². The molecule has 132 valence electrons. The van der Waals surface area contributed by atoms with Crippen molar-refractivity contribution in [3.05, 3.63) is 35.4 Å². The average molecular weight is 352 g/mol. The second kappa shape index (κ2) is 6.82. The van der Waals surface area contributed by atoms with E-state index in [-0.39, 0.29) is 17.7 Å². The minimum absolute atomic E-state index is 0.103. The maximum Gasteiger partial charge on any atom is 0.337 e. The molecule has 0 amide bonds. The normalized spacial score (nSPS) is 27.7. The van der Waals surface area contributed by atoms with Gasteiger partial charge in [0.25, 0.3) is 0 Å². The van der Waals surface area contributed by atoms with Crippen LogP contribution in [0.5, 0.6) is 0 Å². The van der Waals surface area contributed by atoms with E-state index in [0.29, 0.717) is 30.1 Å². The number of carbonyl (C=O) groups excluding carboxylic acids is 1. The van der Waals surface area contributed by atoms with Gasteiger partial charge in [0, 0.05) is 19.1 Å². The Morgan fingerprint density at radius 2 is 2.12 bits per heavy atom. The van der Waals surface area contributed by atoms with E-state index in [1.54, 1.807) is 28.6 Å². The van der Waals surface area contributed by atoms with Crippen LogP contribution in [0.1, 0.15) is 35.2 Å². The monoisotopic (exact) mass is 352 g/mol. The van der Waals surface area contributed by atoms with Gasteiger partial charge in [-0.15, -0.1) is 0 Å². The molecule has 3 atom stereocenters. The van der Waals surface area contributed by atoms with Gasteiger partial charge in [-0.1, -0.05) is 18.6 Å². The molecular weight excluding hydrogens is 328 g/mol. The zero-order valence-corrected chi connectivity index (χ0v) is 14.7. The Bertz CT molecular complexity index is 719. The predicted molar refractivity (Wildman–Crippen MR) is 90.8 cm³/mol. The van der Waals surface area contributed by atoms with Crippen LogP contribution in [0.2, 0.25) is 0 Å². The molecule has 1 aliphatic carbocycles. The fraction of sp³-hybridized carbons (Fsp3) is 0.588. The van der Waals surface area contributed by atoms with Crippen LogP contribution in [-0.2, 0) is 20.5 Å². The summed E-state index contributed by atoms with van der Waals surface area (Å²) in [4.78, 5) is 11.6. The number of sulfonamides is 1. The van der Waals surface area contributed by atoms with E-state index in [9.17, 15) is 13.2 Å². The van der Waals surface area contributed by atoms with Crippen LogP contribution in [0.4, 0.5) is 0 Å². The van der Waals surface area contributed by atoms with Crippen molar-refractivity contribution in [2.75, 3.05) is 20.2 Å². The molecule has 1 saturated carbocycles. The number of hydrogen-bond acceptors (Lipinski definition) is 5. The number of fused-ring (bicyclic) bond motifs is 1. The lowest BCUT2D eigenvalue weighted by atomic mass is 9.78. The summed E-state index contributed by atoms with van der Waals surface area (Å²) in [6.07, 6.45) is 3.12. The summed E-state index contributed by atoms with van der Waals surface area (Å²) in [7, 11) is -2.11. The van der Waals surface area contributed by atoms with E-state index in [4.69, 9.17) is 5.73 Å². The van der Waals surface area contributed by atoms with E-state index >= 15 is 0 Å². The first-order valence-corrected chi connectivity index (χ1v) is 9.92. The molecule has 1 aliphatic heterocycles. The molecule has 7 heteroatoms. The largest absolute Gasteiger partial charge is 0.465 e. The van der Waals surface area contributed by atoms with Crippen LogP contribution in [0.3, 0.4) is 0 Å². The number of carbonyl (C=O) groups is 1. The Balaban J connectivity index is 1.74. The zero-order valence-electron chi connectivity index (χ0n) is 13.8. The maximum absolute atomic E-state index is 12.8. The SMILES string of the molecule is COC(=O)c1cccc(CS(=O)(=O)N2CC3CCCC(N)C3C2)c1. The van der Waals surface area contributed by atoms with Crippen LogP contribution in [-0.4, -0.2) is 44.9 Å². The average Bonchev–Trinajstić information content (AvgIpc) is 3.00. The van der Waals surface area contributed by atoms with Crippen molar-refractivity contribution < 1.29 is 17.9 Å². The van der Waals surface area contributed by atoms with Crippen LogP contribution >= 0.6 is 0 Å². The zero-order chi connectivity index (χ0) is 17.3. The van der Waals surface area contributed by atoms with Crippen LogP contribution < -0.4 is 5.73 Å². The molecule has 6 nitrogen and oxygen atoms in total. The molecule has 0 bridgehead atoms. The standard InChI is InChI=1S/C17H24N2O4S/c1-23-17(20)13-5-2-4-12(8-13)11-24(21,22)19-9-14-6-3-7-16(18)15(14)10-19/h2,4-5,8,14-16H,3,6-7,9-11,18H2,1H3. The summed E-state index contributed by atoms with van der Waals surface area (Å²) in [6.45, 7) is 1.09. The summed E-state index contributed by atoms with van der Waals surface area (Å²) >= 11 is 0. The highest BCUT2D eigenvalue weighted by atomic mass is 32.2. The summed E-state index contributed by atoms with van der Waals surface area (Å²) in [5, 5.41) is 0. The molecule has 24 heavy (non-hydrogen) atoms. The Hall–Kier alpha value is -1.44. The first kappa shape index (κ1) is 17.4. The van der Waals surface area contributed by atoms with E-state index in [1.807, 2.05) is 0 Å². The number of esters is 1. The molecule has 1 heterocycles. The topological polar surface area (TPSA) is 89.7 Å². The van der Waals surface area contributed by atoms with Crippen LogP contribution in [0, 0.1) is 11.8 Å². The lowest BCUT2D eigenvalue weighted by Crippen LogP contribution is -2.38. The Morgan fingerprint density at radius 3 is 2.83 bits per heavy atom. The molecule has 0 radical (unpaired) electrons. The van der Waals surface area contributed by atoms with Crippen molar-refractivity contribution in [1.29, 1.82) is 0 Å². The molecule has 1 aromatic carbocycles. The molecule has 2 N–H and O–H groups in total. The lowest BCUT2D eigenvalue weighted by Gasteiger charge is -2.29. The fourth-order valence-corrected chi connectivity index (χ4v) is 5.51. The van der Waals surface area contributed by atoms with Gasteiger partial charge in [0.2, 0.25) is 10.0 Å². The lowest BCUT2D eigenvalue weighted by molar-refractivity contribution is 0.0600. The van der Waals surface area contributed by atoms with Gasteiger partial charge in [-0.3, -0.25) is 0 Å². The second-order valence-corrected chi connectivity index (χ2v) is 8.75. The van der Waals surface area contributed by atoms with Crippen molar-refractivity contribution in [3.8, 4) is 0 Å². The number of nitrogens with zero attached hydrogens (tertiary/aromatic N) is 1. The highest BCUT2D eigenvalue weighted by Gasteiger charge is 2.42. The number of hydrogen-bond donors (Lipinski definition) is 1. The van der Waals surface area contributed by atoms with Gasteiger partial charge >= 0.3 is 5.97 Å². The van der Waals surface area contributed by atoms with Crippen molar-refractivity contribution >= 4 is 16.0 Å². The van der Waals surface area contributed by atoms with Gasteiger partial charge in [0.15, 0.2) is 0 Å². The Morgan fingerprint density at radius 1 is 1.33 bits per heavy atom. The molecule has 1 saturated heterocycles. The molecule has 3 unspecified atom stereocenters. The van der Waals surface area contributed by atoms with Gasteiger partial charge in [0.1, 0.15) is 0 Å². The second-order valence-electron chi connectivity index (χ2n) is 6.78. The molecule has 2 fully saturated rings. The summed E-state index contributed by atoms with van der Waals surface area (Å²) in [5.74, 6) is 0.0826. The summed E-state index contributed by atoms with van der Waals surface area (Å²) in [6, 6.07) is 6.70. The smallest absolute Gasteiger partial charge is 0.337 e. The van der Waals surface area contributed by atoms with Gasteiger partial charge < -0.3 is 10.5 Å². The van der Waals surface area contributed by atoms with Crippen molar-refractivity contribution in [2.24, 2.45) is 17.6 Å². The molecule has 0 spiro atoms. The molecule has 3 rings (SSSR count).